The summed E-state index contributed by atoms with van der Waals surface area (Å²) in [4.78, 5) is 24.9. The van der Waals surface area contributed by atoms with Gasteiger partial charge in [0, 0.05) is 37.9 Å². The van der Waals surface area contributed by atoms with Crippen molar-refractivity contribution in [1.29, 1.82) is 0 Å². The minimum atomic E-state index is -4.41. The first kappa shape index (κ1) is 19.0. The van der Waals surface area contributed by atoms with Crippen molar-refractivity contribution in [3.05, 3.63) is 66.2 Å². The molecule has 0 radical (unpaired) electrons. The van der Waals surface area contributed by atoms with Crippen molar-refractivity contribution in [3.8, 4) is 11.5 Å². The molecule has 150 valence electrons. The van der Waals surface area contributed by atoms with Crippen molar-refractivity contribution in [2.75, 3.05) is 31.1 Å². The zero-order valence-corrected chi connectivity index (χ0v) is 15.3. The summed E-state index contributed by atoms with van der Waals surface area (Å²) in [6, 6.07) is 10.1. The number of pyridine rings is 1. The van der Waals surface area contributed by atoms with E-state index in [-0.39, 0.29) is 17.5 Å². The van der Waals surface area contributed by atoms with Gasteiger partial charge < -0.3 is 14.2 Å². The fraction of sp³-hybridized carbons (Fsp3) is 0.250. The van der Waals surface area contributed by atoms with Crippen molar-refractivity contribution in [1.82, 2.24) is 14.9 Å². The minimum absolute atomic E-state index is 0.106. The third-order valence-electron chi connectivity index (χ3n) is 4.72. The molecule has 0 spiro atoms. The predicted octanol–water partition coefficient (Wildman–Crippen LogP) is 3.72. The first-order valence-electron chi connectivity index (χ1n) is 9.00. The first-order chi connectivity index (χ1) is 13.9. The molecule has 1 aliphatic rings. The molecule has 3 aromatic rings. The number of benzene rings is 1. The molecule has 0 atom stereocenters. The molecule has 0 aliphatic carbocycles. The van der Waals surface area contributed by atoms with Gasteiger partial charge in [-0.15, -0.1) is 0 Å². The maximum atomic E-state index is 12.7. The average Bonchev–Trinajstić information content (AvgIpc) is 3.24. The third kappa shape index (κ3) is 4.08. The van der Waals surface area contributed by atoms with Gasteiger partial charge >= 0.3 is 6.18 Å². The number of piperazine rings is 1. The van der Waals surface area contributed by atoms with Gasteiger partial charge in [0.2, 0.25) is 5.89 Å². The molecule has 4 rings (SSSR count). The van der Waals surface area contributed by atoms with E-state index in [1.165, 1.54) is 18.4 Å². The molecule has 1 aromatic carbocycles. The Morgan fingerprint density at radius 1 is 1.00 bits per heavy atom. The van der Waals surface area contributed by atoms with E-state index >= 15 is 0 Å². The third-order valence-corrected chi connectivity index (χ3v) is 4.72. The summed E-state index contributed by atoms with van der Waals surface area (Å²) in [7, 11) is 0. The Morgan fingerprint density at radius 3 is 2.34 bits per heavy atom. The van der Waals surface area contributed by atoms with Gasteiger partial charge in [0.1, 0.15) is 12.1 Å². The molecule has 0 bridgehead atoms. The van der Waals surface area contributed by atoms with E-state index in [0.29, 0.717) is 31.7 Å². The number of hydrogen-bond acceptors (Lipinski definition) is 5. The number of nitrogens with zero attached hydrogens (tertiary/aromatic N) is 4. The van der Waals surface area contributed by atoms with Gasteiger partial charge in [-0.3, -0.25) is 4.79 Å². The van der Waals surface area contributed by atoms with Crippen molar-refractivity contribution in [2.45, 2.75) is 6.18 Å². The normalized spacial score (nSPS) is 14.9. The Labute approximate surface area is 164 Å². The molecule has 2 aromatic heterocycles. The number of rotatable bonds is 3. The molecule has 29 heavy (non-hydrogen) atoms. The second kappa shape index (κ2) is 7.57. The van der Waals surface area contributed by atoms with Crippen LogP contribution in [0.1, 0.15) is 16.1 Å². The number of oxazole rings is 1. The molecule has 3 heterocycles. The lowest BCUT2D eigenvalue weighted by atomic mass is 10.1. The van der Waals surface area contributed by atoms with Gasteiger partial charge in [0.05, 0.1) is 5.56 Å². The molecule has 1 amide bonds. The van der Waals surface area contributed by atoms with Crippen LogP contribution in [0.4, 0.5) is 19.0 Å². The largest absolute Gasteiger partial charge is 0.444 e. The molecule has 0 saturated carbocycles. The quantitative estimate of drug-likeness (QED) is 0.668. The molecule has 1 aliphatic heterocycles. The van der Waals surface area contributed by atoms with Crippen molar-refractivity contribution in [2.24, 2.45) is 0 Å². The van der Waals surface area contributed by atoms with E-state index < -0.39 is 11.7 Å². The van der Waals surface area contributed by atoms with Gasteiger partial charge in [-0.1, -0.05) is 6.07 Å². The maximum absolute atomic E-state index is 12.7. The summed E-state index contributed by atoms with van der Waals surface area (Å²) in [5.41, 5.74) is -0.252. The fourth-order valence-corrected chi connectivity index (χ4v) is 3.15. The van der Waals surface area contributed by atoms with Crippen LogP contribution in [0.2, 0.25) is 0 Å². The van der Waals surface area contributed by atoms with Crippen LogP contribution in [-0.2, 0) is 6.18 Å². The standard InChI is InChI=1S/C20H17F3N4O2/c21-20(22,23)15-6-4-14(5-7-15)18-25-16(13-29-18)19(28)27-11-9-26(10-12-27)17-3-1-2-8-24-17/h1-8,13H,9-12H2. The summed E-state index contributed by atoms with van der Waals surface area (Å²) in [5, 5.41) is 0. The van der Waals surface area contributed by atoms with E-state index in [1.54, 1.807) is 11.1 Å². The maximum Gasteiger partial charge on any atom is 0.416 e. The van der Waals surface area contributed by atoms with Crippen LogP contribution in [0.15, 0.2) is 59.3 Å². The number of halogens is 3. The van der Waals surface area contributed by atoms with Gasteiger partial charge in [0.25, 0.3) is 5.91 Å². The molecule has 0 unspecified atom stereocenters. The number of hydrogen-bond donors (Lipinski definition) is 0. The lowest BCUT2D eigenvalue weighted by Crippen LogP contribution is -2.49. The lowest BCUT2D eigenvalue weighted by molar-refractivity contribution is -0.137. The van der Waals surface area contributed by atoms with E-state index in [0.717, 1.165) is 18.0 Å². The summed E-state index contributed by atoms with van der Waals surface area (Å²) in [6.07, 6.45) is -1.45. The van der Waals surface area contributed by atoms with E-state index in [9.17, 15) is 18.0 Å². The van der Waals surface area contributed by atoms with Crippen LogP contribution in [0, 0.1) is 0 Å². The average molecular weight is 402 g/mol. The Kier molecular flexibility index (Phi) is 4.96. The topological polar surface area (TPSA) is 62.5 Å². The highest BCUT2D eigenvalue weighted by Gasteiger charge is 2.30. The number of aromatic nitrogens is 2. The van der Waals surface area contributed by atoms with Crippen LogP contribution < -0.4 is 4.90 Å². The van der Waals surface area contributed by atoms with E-state index in [4.69, 9.17) is 4.42 Å². The van der Waals surface area contributed by atoms with Crippen LogP contribution >= 0.6 is 0 Å². The molecule has 1 fully saturated rings. The molecular weight excluding hydrogens is 385 g/mol. The highest BCUT2D eigenvalue weighted by atomic mass is 19.4. The highest BCUT2D eigenvalue weighted by Crippen LogP contribution is 2.30. The molecule has 0 N–H and O–H groups in total. The summed E-state index contributed by atoms with van der Waals surface area (Å²) >= 11 is 0. The van der Waals surface area contributed by atoms with Crippen molar-refractivity contribution in [3.63, 3.8) is 0 Å². The molecular formula is C20H17F3N4O2. The minimum Gasteiger partial charge on any atom is -0.444 e. The Morgan fingerprint density at radius 2 is 1.72 bits per heavy atom. The van der Waals surface area contributed by atoms with Gasteiger partial charge in [0.15, 0.2) is 5.69 Å². The number of alkyl halides is 3. The second-order valence-corrected chi connectivity index (χ2v) is 6.58. The fourth-order valence-electron chi connectivity index (χ4n) is 3.15. The zero-order valence-electron chi connectivity index (χ0n) is 15.3. The van der Waals surface area contributed by atoms with Gasteiger partial charge in [-0.2, -0.15) is 13.2 Å². The number of carbonyl (C=O) groups is 1. The first-order valence-corrected chi connectivity index (χ1v) is 9.00. The van der Waals surface area contributed by atoms with Crippen molar-refractivity contribution < 1.29 is 22.4 Å². The number of amides is 1. The summed E-state index contributed by atoms with van der Waals surface area (Å²) in [5.74, 6) is 0.701. The van der Waals surface area contributed by atoms with Crippen LogP contribution in [0.3, 0.4) is 0 Å². The second-order valence-electron chi connectivity index (χ2n) is 6.58. The molecule has 1 saturated heterocycles. The van der Waals surface area contributed by atoms with Gasteiger partial charge in [-0.25, -0.2) is 9.97 Å². The Hall–Kier alpha value is -3.36. The van der Waals surface area contributed by atoms with E-state index in [1.807, 2.05) is 18.2 Å². The van der Waals surface area contributed by atoms with Gasteiger partial charge in [-0.05, 0) is 36.4 Å². The van der Waals surface area contributed by atoms with Crippen LogP contribution in [0.5, 0.6) is 0 Å². The Balaban J connectivity index is 1.41. The molecule has 6 nitrogen and oxygen atoms in total. The van der Waals surface area contributed by atoms with Crippen molar-refractivity contribution >= 4 is 11.7 Å². The van der Waals surface area contributed by atoms with Crippen LogP contribution in [0.25, 0.3) is 11.5 Å². The smallest absolute Gasteiger partial charge is 0.416 e. The predicted molar refractivity (Wildman–Crippen MR) is 99.3 cm³/mol. The SMILES string of the molecule is O=C(c1coc(-c2ccc(C(F)(F)F)cc2)n1)N1CCN(c2ccccn2)CC1. The lowest BCUT2D eigenvalue weighted by Gasteiger charge is -2.35. The number of anilines is 1. The summed E-state index contributed by atoms with van der Waals surface area (Å²) in [6.45, 7) is 2.31. The monoisotopic (exact) mass is 402 g/mol. The molecule has 9 heteroatoms. The Bertz CT molecular complexity index is 979. The highest BCUT2D eigenvalue weighted by molar-refractivity contribution is 5.92. The zero-order chi connectivity index (χ0) is 20.4. The van der Waals surface area contributed by atoms with Crippen LogP contribution in [-0.4, -0.2) is 47.0 Å². The van der Waals surface area contributed by atoms with E-state index in [2.05, 4.69) is 14.9 Å². The number of carbonyl (C=O) groups excluding carboxylic acids is 1. The summed E-state index contributed by atoms with van der Waals surface area (Å²) < 4.78 is 43.4.